The lowest BCUT2D eigenvalue weighted by Crippen LogP contribution is -2.42. The van der Waals surface area contributed by atoms with E-state index in [1.807, 2.05) is 31.4 Å². The first-order chi connectivity index (χ1) is 8.63. The van der Waals surface area contributed by atoms with Gasteiger partial charge in [0.05, 0.1) is 25.9 Å². The van der Waals surface area contributed by atoms with Gasteiger partial charge in [0.15, 0.2) is 0 Å². The van der Waals surface area contributed by atoms with Crippen molar-refractivity contribution in [3.05, 3.63) is 22.4 Å². The van der Waals surface area contributed by atoms with E-state index in [1.54, 1.807) is 11.3 Å². The number of hydrogen-bond acceptors (Lipinski definition) is 5. The topological polar surface area (TPSA) is 61.7 Å². The predicted octanol–water partition coefficient (Wildman–Crippen LogP) is 1.23. The fourth-order valence-electron chi connectivity index (χ4n) is 1.55. The van der Waals surface area contributed by atoms with E-state index < -0.39 is 6.10 Å². The Bertz CT molecular complexity index is 303. The monoisotopic (exact) mass is 273 g/mol. The highest BCUT2D eigenvalue weighted by molar-refractivity contribution is 7.09. The Balaban J connectivity index is 2.11. The summed E-state index contributed by atoms with van der Waals surface area (Å²) in [7, 11) is 0. The van der Waals surface area contributed by atoms with Gasteiger partial charge in [-0.05, 0) is 17.4 Å². The highest BCUT2D eigenvalue weighted by atomic mass is 32.1. The second kappa shape index (κ2) is 8.61. The molecule has 1 unspecified atom stereocenters. The summed E-state index contributed by atoms with van der Waals surface area (Å²) in [5.41, 5.74) is 0. The molecule has 0 aliphatic heterocycles. The van der Waals surface area contributed by atoms with Crippen molar-refractivity contribution in [1.29, 1.82) is 0 Å². The van der Waals surface area contributed by atoms with Gasteiger partial charge in [0.1, 0.15) is 0 Å². The van der Waals surface area contributed by atoms with Crippen LogP contribution in [0.2, 0.25) is 0 Å². The largest absolute Gasteiger partial charge is 0.395 e. The van der Waals surface area contributed by atoms with E-state index in [4.69, 9.17) is 9.84 Å². The van der Waals surface area contributed by atoms with Crippen LogP contribution >= 0.6 is 11.3 Å². The van der Waals surface area contributed by atoms with Gasteiger partial charge in [-0.1, -0.05) is 19.9 Å². The van der Waals surface area contributed by atoms with Crippen molar-refractivity contribution in [3.63, 3.8) is 0 Å². The number of ether oxygens (including phenoxy) is 1. The van der Waals surface area contributed by atoms with Gasteiger partial charge in [-0.25, -0.2) is 0 Å². The minimum atomic E-state index is -0.544. The summed E-state index contributed by atoms with van der Waals surface area (Å²) in [6.45, 7) is 5.44. The number of aliphatic hydroxyl groups is 2. The van der Waals surface area contributed by atoms with Crippen LogP contribution in [0, 0.1) is 5.92 Å². The second-order valence-electron chi connectivity index (χ2n) is 4.69. The average Bonchev–Trinajstić information content (AvgIpc) is 2.82. The van der Waals surface area contributed by atoms with Crippen LogP contribution in [0.3, 0.4) is 0 Å². The highest BCUT2D eigenvalue weighted by Crippen LogP contribution is 2.09. The van der Waals surface area contributed by atoms with Crippen molar-refractivity contribution in [3.8, 4) is 0 Å². The lowest BCUT2D eigenvalue weighted by Gasteiger charge is -2.21. The van der Waals surface area contributed by atoms with Gasteiger partial charge in [-0.3, -0.25) is 0 Å². The van der Waals surface area contributed by atoms with Crippen LogP contribution in [0.15, 0.2) is 17.5 Å². The van der Waals surface area contributed by atoms with Crippen LogP contribution in [-0.4, -0.2) is 42.1 Å². The number of hydrogen-bond donors (Lipinski definition) is 3. The van der Waals surface area contributed by atoms with Gasteiger partial charge in [0, 0.05) is 17.5 Å². The maximum atomic E-state index is 9.74. The Kier molecular flexibility index (Phi) is 7.46. The molecular formula is C13H23NO3S. The molecule has 1 rings (SSSR count). The third-order valence-electron chi connectivity index (χ3n) is 2.75. The molecule has 4 nitrogen and oxygen atoms in total. The Labute approximate surface area is 113 Å². The van der Waals surface area contributed by atoms with Crippen LogP contribution in [0.1, 0.15) is 18.7 Å². The third kappa shape index (κ3) is 5.93. The summed E-state index contributed by atoms with van der Waals surface area (Å²) in [4.78, 5) is 1.16. The predicted molar refractivity (Wildman–Crippen MR) is 73.7 cm³/mol. The molecule has 5 heteroatoms. The molecule has 1 aromatic heterocycles. The molecule has 0 saturated heterocycles. The normalized spacial score (nSPS) is 14.9. The molecule has 0 aliphatic carbocycles. The van der Waals surface area contributed by atoms with Crippen LogP contribution < -0.4 is 5.32 Å². The fourth-order valence-corrected chi connectivity index (χ4v) is 2.19. The molecule has 0 radical (unpaired) electrons. The summed E-state index contributed by atoms with van der Waals surface area (Å²) >= 11 is 1.65. The molecule has 104 valence electrons. The minimum absolute atomic E-state index is 0.0249. The molecule has 0 aromatic carbocycles. The first-order valence-electron chi connectivity index (χ1n) is 6.26. The van der Waals surface area contributed by atoms with Crippen LogP contribution in [0.5, 0.6) is 0 Å². The molecule has 0 saturated carbocycles. The molecular weight excluding hydrogens is 250 g/mol. The van der Waals surface area contributed by atoms with Crippen LogP contribution in [0.4, 0.5) is 0 Å². The maximum Gasteiger partial charge on any atom is 0.0897 e. The molecule has 18 heavy (non-hydrogen) atoms. The van der Waals surface area contributed by atoms with E-state index in [9.17, 15) is 5.11 Å². The van der Waals surface area contributed by atoms with Gasteiger partial charge >= 0.3 is 0 Å². The Morgan fingerprint density at radius 2 is 2.22 bits per heavy atom. The van der Waals surface area contributed by atoms with Gasteiger partial charge < -0.3 is 20.3 Å². The van der Waals surface area contributed by atoms with Crippen molar-refractivity contribution in [2.45, 2.75) is 32.6 Å². The van der Waals surface area contributed by atoms with Crippen molar-refractivity contribution < 1.29 is 14.9 Å². The fraction of sp³-hybridized carbons (Fsp3) is 0.692. The molecule has 1 aromatic rings. The van der Waals surface area contributed by atoms with E-state index in [-0.39, 0.29) is 12.6 Å². The van der Waals surface area contributed by atoms with Crippen molar-refractivity contribution in [2.24, 2.45) is 5.92 Å². The van der Waals surface area contributed by atoms with Gasteiger partial charge in [-0.15, -0.1) is 11.3 Å². The highest BCUT2D eigenvalue weighted by Gasteiger charge is 2.13. The standard InChI is InChI=1S/C13H23NO3S/c1-10(2)13(7-15)14-6-11(16)8-17-9-12-4-3-5-18-12/h3-5,10-11,13-16H,6-9H2,1-2H3/t11?,13-/m1/s1. The minimum Gasteiger partial charge on any atom is -0.395 e. The van der Waals surface area contributed by atoms with Crippen molar-refractivity contribution in [1.82, 2.24) is 5.32 Å². The molecule has 1 heterocycles. The molecule has 0 aliphatic rings. The zero-order valence-corrected chi connectivity index (χ0v) is 11.8. The smallest absolute Gasteiger partial charge is 0.0897 e. The molecule has 0 bridgehead atoms. The van der Waals surface area contributed by atoms with E-state index in [2.05, 4.69) is 5.32 Å². The SMILES string of the molecule is CC(C)[C@@H](CO)NCC(O)COCc1cccs1. The summed E-state index contributed by atoms with van der Waals surface area (Å²) in [5, 5.41) is 24.0. The van der Waals surface area contributed by atoms with E-state index in [0.29, 0.717) is 25.7 Å². The first kappa shape index (κ1) is 15.6. The van der Waals surface area contributed by atoms with Gasteiger partial charge in [0.2, 0.25) is 0 Å². The molecule has 0 spiro atoms. The maximum absolute atomic E-state index is 9.74. The average molecular weight is 273 g/mol. The zero-order chi connectivity index (χ0) is 13.4. The molecule has 2 atom stereocenters. The first-order valence-corrected chi connectivity index (χ1v) is 7.14. The number of nitrogens with one attached hydrogen (secondary N) is 1. The van der Waals surface area contributed by atoms with Gasteiger partial charge in [-0.2, -0.15) is 0 Å². The quantitative estimate of drug-likeness (QED) is 0.633. The van der Waals surface area contributed by atoms with E-state index in [0.717, 1.165) is 4.88 Å². The van der Waals surface area contributed by atoms with Crippen molar-refractivity contribution >= 4 is 11.3 Å². The second-order valence-corrected chi connectivity index (χ2v) is 5.72. The number of rotatable bonds is 9. The summed E-state index contributed by atoms with van der Waals surface area (Å²) < 4.78 is 5.42. The number of aliphatic hydroxyl groups excluding tert-OH is 2. The Morgan fingerprint density at radius 3 is 2.78 bits per heavy atom. The lowest BCUT2D eigenvalue weighted by atomic mass is 10.1. The van der Waals surface area contributed by atoms with Crippen LogP contribution in [0.25, 0.3) is 0 Å². The van der Waals surface area contributed by atoms with Crippen molar-refractivity contribution in [2.75, 3.05) is 19.8 Å². The summed E-state index contributed by atoms with van der Waals surface area (Å²) in [6.07, 6.45) is -0.544. The number of thiophene rings is 1. The van der Waals surface area contributed by atoms with E-state index >= 15 is 0 Å². The Hall–Kier alpha value is -0.460. The van der Waals surface area contributed by atoms with Gasteiger partial charge in [0.25, 0.3) is 0 Å². The molecule has 0 amide bonds. The third-order valence-corrected chi connectivity index (χ3v) is 3.60. The van der Waals surface area contributed by atoms with E-state index in [1.165, 1.54) is 0 Å². The summed E-state index contributed by atoms with van der Waals surface area (Å²) in [5.74, 6) is 0.342. The summed E-state index contributed by atoms with van der Waals surface area (Å²) in [6, 6.07) is 4.02. The Morgan fingerprint density at radius 1 is 1.44 bits per heavy atom. The molecule has 0 fully saturated rings. The van der Waals surface area contributed by atoms with Crippen LogP contribution in [-0.2, 0) is 11.3 Å². The zero-order valence-electron chi connectivity index (χ0n) is 11.0. The lowest BCUT2D eigenvalue weighted by molar-refractivity contribution is 0.0265. The molecule has 3 N–H and O–H groups in total.